The summed E-state index contributed by atoms with van der Waals surface area (Å²) in [6.07, 6.45) is 2.96. The molecule has 2 nitrogen and oxygen atoms in total. The average Bonchev–Trinajstić information content (AvgIpc) is 2.56. The quantitative estimate of drug-likeness (QED) is 0.629. The van der Waals surface area contributed by atoms with Gasteiger partial charge in [0.2, 0.25) is 0 Å². The highest BCUT2D eigenvalue weighted by Crippen LogP contribution is 2.09. The summed E-state index contributed by atoms with van der Waals surface area (Å²) in [7, 11) is 0. The molecule has 0 saturated carbocycles. The Hall–Kier alpha value is -2.32. The fourth-order valence-corrected chi connectivity index (χ4v) is 2.26. The van der Waals surface area contributed by atoms with E-state index >= 15 is 0 Å². The van der Waals surface area contributed by atoms with E-state index < -0.39 is 0 Å². The van der Waals surface area contributed by atoms with Gasteiger partial charge in [0.1, 0.15) is 5.75 Å². The second-order valence-corrected chi connectivity index (χ2v) is 4.91. The van der Waals surface area contributed by atoms with E-state index in [1.165, 1.54) is 11.3 Å². The molecule has 0 saturated heterocycles. The molecule has 0 radical (unpaired) electrons. The van der Waals surface area contributed by atoms with E-state index in [9.17, 15) is 0 Å². The van der Waals surface area contributed by atoms with E-state index in [1.54, 1.807) is 0 Å². The molecule has 1 aromatic heterocycles. The Bertz CT molecular complexity index is 686. The number of ether oxygens (including phenoxy) is 1. The highest BCUT2D eigenvalue weighted by atomic mass is 35.5. The molecule has 0 spiro atoms. The smallest absolute Gasteiger partial charge is 0.292 e. The number of hydrogen-bond acceptors (Lipinski definition) is 1. The Balaban J connectivity index is 0.00000176. The molecule has 112 valence electrons. The van der Waals surface area contributed by atoms with Crippen LogP contribution in [0.25, 0.3) is 0 Å². The second kappa shape index (κ2) is 8.20. The predicted octanol–water partition coefficient (Wildman–Crippen LogP) is 0.605. The highest BCUT2D eigenvalue weighted by Gasteiger charge is 2.10. The van der Waals surface area contributed by atoms with Crippen molar-refractivity contribution in [3.63, 3.8) is 0 Å². The lowest BCUT2D eigenvalue weighted by Crippen LogP contribution is -3.00. The Morgan fingerprint density at radius 2 is 1.36 bits per heavy atom. The van der Waals surface area contributed by atoms with E-state index in [0.29, 0.717) is 6.73 Å². The molecule has 0 unspecified atom stereocenters. The zero-order valence-corrected chi connectivity index (χ0v) is 13.0. The number of benzene rings is 2. The largest absolute Gasteiger partial charge is 1.00 e. The Labute approximate surface area is 137 Å². The lowest BCUT2D eigenvalue weighted by molar-refractivity contribution is -0.730. The average molecular weight is 312 g/mol. The third kappa shape index (κ3) is 4.34. The molecule has 0 amide bonds. The molecule has 2 aromatic carbocycles. The molecule has 0 aliphatic rings. The first-order valence-electron chi connectivity index (χ1n) is 7.11. The topological polar surface area (TPSA) is 13.1 Å². The van der Waals surface area contributed by atoms with Gasteiger partial charge in [0.25, 0.3) is 6.73 Å². The van der Waals surface area contributed by atoms with Crippen LogP contribution < -0.4 is 21.7 Å². The molecule has 0 aliphatic heterocycles. The van der Waals surface area contributed by atoms with Crippen LogP contribution in [-0.4, -0.2) is 0 Å². The molecule has 22 heavy (non-hydrogen) atoms. The van der Waals surface area contributed by atoms with Gasteiger partial charge in [0.15, 0.2) is 11.9 Å². The van der Waals surface area contributed by atoms with Gasteiger partial charge in [0.05, 0.1) is 6.42 Å². The Morgan fingerprint density at radius 3 is 2.09 bits per heavy atom. The van der Waals surface area contributed by atoms with Crippen LogP contribution in [0.5, 0.6) is 5.75 Å². The molecule has 0 atom stereocenters. The molecule has 3 rings (SSSR count). The van der Waals surface area contributed by atoms with Crippen LogP contribution >= 0.6 is 0 Å². The minimum absolute atomic E-state index is 0. The van der Waals surface area contributed by atoms with Crippen LogP contribution in [-0.2, 0) is 13.2 Å². The van der Waals surface area contributed by atoms with E-state index in [2.05, 4.69) is 47.2 Å². The van der Waals surface area contributed by atoms with Crippen LogP contribution in [0.1, 0.15) is 11.3 Å². The van der Waals surface area contributed by atoms with Gasteiger partial charge in [0, 0.05) is 12.1 Å². The summed E-state index contributed by atoms with van der Waals surface area (Å²) < 4.78 is 7.97. The van der Waals surface area contributed by atoms with Crippen LogP contribution in [0.15, 0.2) is 85.1 Å². The van der Waals surface area contributed by atoms with Crippen molar-refractivity contribution in [2.75, 3.05) is 0 Å². The maximum Gasteiger partial charge on any atom is 0.292 e. The number of hydrogen-bond donors (Lipinski definition) is 0. The first-order chi connectivity index (χ1) is 10.4. The van der Waals surface area contributed by atoms with Crippen molar-refractivity contribution >= 4 is 0 Å². The van der Waals surface area contributed by atoms with Crippen LogP contribution in [0.4, 0.5) is 0 Å². The van der Waals surface area contributed by atoms with Gasteiger partial charge < -0.3 is 17.1 Å². The summed E-state index contributed by atoms with van der Waals surface area (Å²) in [4.78, 5) is 0. The third-order valence-electron chi connectivity index (χ3n) is 3.38. The number of aromatic nitrogens is 1. The number of para-hydroxylation sites is 1. The molecule has 0 bridgehead atoms. The number of halogens is 1. The van der Waals surface area contributed by atoms with Gasteiger partial charge in [-0.2, -0.15) is 4.57 Å². The summed E-state index contributed by atoms with van der Waals surface area (Å²) in [5.41, 5.74) is 2.54. The van der Waals surface area contributed by atoms with Crippen molar-refractivity contribution in [1.29, 1.82) is 0 Å². The minimum atomic E-state index is 0. The molecule has 0 fully saturated rings. The van der Waals surface area contributed by atoms with Gasteiger partial charge in [-0.1, -0.05) is 54.6 Å². The van der Waals surface area contributed by atoms with Crippen molar-refractivity contribution < 1.29 is 21.7 Å². The summed E-state index contributed by atoms with van der Waals surface area (Å²) in [5, 5.41) is 0. The lowest BCUT2D eigenvalue weighted by Gasteiger charge is -2.06. The molecule has 0 aliphatic carbocycles. The van der Waals surface area contributed by atoms with Crippen LogP contribution in [0.2, 0.25) is 0 Å². The zero-order valence-electron chi connectivity index (χ0n) is 12.2. The minimum Gasteiger partial charge on any atom is -1.00 e. The number of nitrogens with zero attached hydrogens (tertiary/aromatic N) is 1. The van der Waals surface area contributed by atoms with E-state index in [1.807, 2.05) is 42.5 Å². The van der Waals surface area contributed by atoms with Gasteiger partial charge in [-0.3, -0.25) is 0 Å². The number of pyridine rings is 1. The maximum atomic E-state index is 5.83. The van der Waals surface area contributed by atoms with Crippen molar-refractivity contribution in [3.8, 4) is 5.75 Å². The third-order valence-corrected chi connectivity index (χ3v) is 3.38. The molecular weight excluding hydrogens is 294 g/mol. The fraction of sp³-hybridized carbons (Fsp3) is 0.105. The van der Waals surface area contributed by atoms with Crippen LogP contribution in [0.3, 0.4) is 0 Å². The monoisotopic (exact) mass is 311 g/mol. The highest BCUT2D eigenvalue weighted by molar-refractivity contribution is 5.21. The maximum absolute atomic E-state index is 5.83. The SMILES string of the molecule is [Cl-].c1ccc(Cc2cccc[n+]2COc2ccccc2)cc1. The normalized spacial score (nSPS) is 9.82. The standard InChI is InChI=1S/C19H18NO.ClH/c1-3-9-17(10-4-1)15-18-11-7-8-14-20(18)16-21-19-12-5-2-6-13-19;/h1-14H,15-16H2;1H/q+1;/p-1. The molecule has 0 N–H and O–H groups in total. The Kier molecular flexibility index (Phi) is 5.99. The summed E-state index contributed by atoms with van der Waals surface area (Å²) >= 11 is 0. The summed E-state index contributed by atoms with van der Waals surface area (Å²) in [6, 6.07) is 26.6. The zero-order chi connectivity index (χ0) is 14.3. The van der Waals surface area contributed by atoms with Gasteiger partial charge >= 0.3 is 0 Å². The van der Waals surface area contributed by atoms with E-state index in [4.69, 9.17) is 4.74 Å². The summed E-state index contributed by atoms with van der Waals surface area (Å²) in [6.45, 7) is 0.521. The van der Waals surface area contributed by atoms with E-state index in [0.717, 1.165) is 12.2 Å². The fourth-order valence-electron chi connectivity index (χ4n) is 2.26. The van der Waals surface area contributed by atoms with Crippen LogP contribution in [0, 0.1) is 0 Å². The molecular formula is C19H18ClNO. The lowest BCUT2D eigenvalue weighted by atomic mass is 10.1. The van der Waals surface area contributed by atoms with Gasteiger partial charge in [-0.25, -0.2) is 0 Å². The van der Waals surface area contributed by atoms with Crippen molar-refractivity contribution in [2.24, 2.45) is 0 Å². The van der Waals surface area contributed by atoms with E-state index in [-0.39, 0.29) is 12.4 Å². The van der Waals surface area contributed by atoms with Crippen molar-refractivity contribution in [2.45, 2.75) is 13.2 Å². The Morgan fingerprint density at radius 1 is 0.727 bits per heavy atom. The van der Waals surface area contributed by atoms with Crippen molar-refractivity contribution in [1.82, 2.24) is 0 Å². The van der Waals surface area contributed by atoms with Gasteiger partial charge in [-0.05, 0) is 17.7 Å². The number of rotatable bonds is 5. The first kappa shape index (κ1) is 16.1. The predicted molar refractivity (Wildman–Crippen MR) is 83.0 cm³/mol. The molecule has 3 heteroatoms. The second-order valence-electron chi connectivity index (χ2n) is 4.91. The summed E-state index contributed by atoms with van der Waals surface area (Å²) in [5.74, 6) is 0.888. The molecule has 1 heterocycles. The van der Waals surface area contributed by atoms with Gasteiger partial charge in [-0.15, -0.1) is 0 Å². The molecule has 3 aromatic rings. The first-order valence-corrected chi connectivity index (χ1v) is 7.11. The van der Waals surface area contributed by atoms with Crippen molar-refractivity contribution in [3.05, 3.63) is 96.3 Å².